The first-order chi connectivity index (χ1) is 11.1. The quantitative estimate of drug-likeness (QED) is 0.593. The average Bonchev–Trinajstić information content (AvgIpc) is 2.99. The van der Waals surface area contributed by atoms with Gasteiger partial charge in [-0.15, -0.1) is 0 Å². The largest absolute Gasteiger partial charge is 0.271 e. The monoisotopic (exact) mass is 311 g/mol. The topological polar surface area (TPSA) is 72.2 Å². The molecule has 23 heavy (non-hydrogen) atoms. The maximum Gasteiger partial charge on any atom is 0.266 e. The Bertz CT molecular complexity index is 841. The molecular weight excluding hydrogens is 297 g/mol. The fraction of sp³-hybridized carbons (Fsp3) is 0.125. The van der Waals surface area contributed by atoms with E-state index in [4.69, 9.17) is 0 Å². The summed E-state index contributed by atoms with van der Waals surface area (Å²) in [5.74, 6) is -0.795. The lowest BCUT2D eigenvalue weighted by molar-refractivity contribution is -0.124. The van der Waals surface area contributed by atoms with E-state index in [0.717, 1.165) is 0 Å². The second-order valence-corrected chi connectivity index (χ2v) is 4.94. The third-order valence-electron chi connectivity index (χ3n) is 3.31. The molecule has 116 valence electrons. The third kappa shape index (κ3) is 3.23. The van der Waals surface area contributed by atoms with Crippen LogP contribution in [0.2, 0.25) is 0 Å². The number of amides is 1. The summed E-state index contributed by atoms with van der Waals surface area (Å²) in [6.45, 7) is 1.66. The van der Waals surface area contributed by atoms with Gasteiger partial charge < -0.3 is 0 Å². The molecule has 1 heterocycles. The van der Waals surface area contributed by atoms with E-state index in [1.54, 1.807) is 25.1 Å². The molecule has 0 spiro atoms. The van der Waals surface area contributed by atoms with Gasteiger partial charge in [0.05, 0.1) is 6.21 Å². The molecule has 1 atom stereocenters. The lowest BCUT2D eigenvalue weighted by atomic mass is 10.2. The number of nitrogens with zero attached hydrogens (tertiary/aromatic N) is 4. The van der Waals surface area contributed by atoms with E-state index >= 15 is 0 Å². The Morgan fingerprint density at radius 1 is 1.17 bits per heavy atom. The summed E-state index contributed by atoms with van der Waals surface area (Å²) in [4.78, 5) is 13.4. The number of nitrogens with one attached hydrogen (secondary N) is 1. The summed E-state index contributed by atoms with van der Waals surface area (Å²) in [7, 11) is 0. The molecule has 0 unspecified atom stereocenters. The molecule has 0 aliphatic rings. The second kappa shape index (κ2) is 6.35. The van der Waals surface area contributed by atoms with Crippen molar-refractivity contribution in [3.8, 4) is 0 Å². The van der Waals surface area contributed by atoms with Crippen molar-refractivity contribution in [2.75, 3.05) is 0 Å². The van der Waals surface area contributed by atoms with Gasteiger partial charge in [-0.2, -0.15) is 20.1 Å². The number of carbonyl (C=O) groups excluding carboxylic acids is 1. The predicted octanol–water partition coefficient (Wildman–Crippen LogP) is 2.28. The van der Waals surface area contributed by atoms with Crippen molar-refractivity contribution in [1.82, 2.24) is 20.4 Å². The minimum Gasteiger partial charge on any atom is -0.271 e. The lowest BCUT2D eigenvalue weighted by Gasteiger charge is -2.07. The number of halogens is 1. The molecule has 2 aromatic carbocycles. The number of fused-ring (bicyclic) bond motifs is 1. The Balaban J connectivity index is 1.69. The maximum atomic E-state index is 13.4. The van der Waals surface area contributed by atoms with Gasteiger partial charge in [0, 0.05) is 5.56 Å². The molecule has 0 aliphatic heterocycles. The van der Waals surface area contributed by atoms with Crippen LogP contribution in [0.15, 0.2) is 53.6 Å². The minimum absolute atomic E-state index is 0.295. The minimum atomic E-state index is -0.639. The Morgan fingerprint density at radius 2 is 1.78 bits per heavy atom. The van der Waals surface area contributed by atoms with Crippen LogP contribution in [0.4, 0.5) is 4.39 Å². The smallest absolute Gasteiger partial charge is 0.266 e. The zero-order chi connectivity index (χ0) is 16.2. The molecule has 0 saturated heterocycles. The number of rotatable bonds is 4. The van der Waals surface area contributed by atoms with Gasteiger partial charge in [-0.25, -0.2) is 9.82 Å². The van der Waals surface area contributed by atoms with Crippen molar-refractivity contribution in [3.63, 3.8) is 0 Å². The van der Waals surface area contributed by atoms with Crippen molar-refractivity contribution in [3.05, 3.63) is 59.9 Å². The van der Waals surface area contributed by atoms with E-state index in [-0.39, 0.29) is 0 Å². The van der Waals surface area contributed by atoms with Crippen molar-refractivity contribution in [2.24, 2.45) is 5.10 Å². The van der Waals surface area contributed by atoms with Crippen LogP contribution in [0.3, 0.4) is 0 Å². The van der Waals surface area contributed by atoms with E-state index < -0.39 is 17.8 Å². The molecule has 3 rings (SSSR count). The Hall–Kier alpha value is -3.09. The molecule has 6 nitrogen and oxygen atoms in total. The Labute approximate surface area is 131 Å². The van der Waals surface area contributed by atoms with Gasteiger partial charge in [-0.05, 0) is 25.1 Å². The van der Waals surface area contributed by atoms with Crippen LogP contribution in [-0.4, -0.2) is 27.1 Å². The van der Waals surface area contributed by atoms with Crippen LogP contribution in [-0.2, 0) is 4.79 Å². The van der Waals surface area contributed by atoms with E-state index in [2.05, 4.69) is 20.7 Å². The van der Waals surface area contributed by atoms with Crippen molar-refractivity contribution in [1.29, 1.82) is 0 Å². The summed E-state index contributed by atoms with van der Waals surface area (Å²) in [5.41, 5.74) is 4.08. The molecule has 0 bridgehead atoms. The Morgan fingerprint density at radius 3 is 2.43 bits per heavy atom. The van der Waals surface area contributed by atoms with Crippen molar-refractivity contribution < 1.29 is 9.18 Å². The van der Waals surface area contributed by atoms with Crippen molar-refractivity contribution in [2.45, 2.75) is 13.0 Å². The second-order valence-electron chi connectivity index (χ2n) is 4.94. The first-order valence-electron chi connectivity index (χ1n) is 7.04. The van der Waals surface area contributed by atoms with Crippen molar-refractivity contribution >= 4 is 23.2 Å². The van der Waals surface area contributed by atoms with Gasteiger partial charge in [-0.3, -0.25) is 4.79 Å². The molecule has 1 aromatic heterocycles. The molecule has 1 amide bonds. The summed E-state index contributed by atoms with van der Waals surface area (Å²) < 4.78 is 13.4. The number of carbonyl (C=O) groups is 1. The van der Waals surface area contributed by atoms with Crippen LogP contribution in [0, 0.1) is 5.82 Å². The highest BCUT2D eigenvalue weighted by Crippen LogP contribution is 2.11. The third-order valence-corrected chi connectivity index (χ3v) is 3.31. The highest BCUT2D eigenvalue weighted by atomic mass is 19.1. The highest BCUT2D eigenvalue weighted by Gasteiger charge is 2.17. The van der Waals surface area contributed by atoms with Crippen LogP contribution in [0.1, 0.15) is 18.5 Å². The van der Waals surface area contributed by atoms with Crippen LogP contribution >= 0.6 is 0 Å². The van der Waals surface area contributed by atoms with Gasteiger partial charge in [0.25, 0.3) is 5.91 Å². The molecule has 1 N–H and O–H groups in total. The van der Waals surface area contributed by atoms with Gasteiger partial charge in [0.1, 0.15) is 22.9 Å². The van der Waals surface area contributed by atoms with E-state index in [1.165, 1.54) is 17.1 Å². The zero-order valence-corrected chi connectivity index (χ0v) is 12.3. The SMILES string of the molecule is C[C@H](C(=O)NN=Cc1ccccc1F)n1nc2ccccc2n1. The predicted molar refractivity (Wildman–Crippen MR) is 84.4 cm³/mol. The van der Waals surface area contributed by atoms with Gasteiger partial charge in [0.2, 0.25) is 0 Å². The first kappa shape index (κ1) is 14.8. The van der Waals surface area contributed by atoms with Gasteiger partial charge >= 0.3 is 0 Å². The molecule has 0 aliphatic carbocycles. The molecule has 0 saturated carbocycles. The fourth-order valence-corrected chi connectivity index (χ4v) is 1.99. The van der Waals surface area contributed by atoms with Gasteiger partial charge in [0.15, 0.2) is 0 Å². The van der Waals surface area contributed by atoms with Gasteiger partial charge in [-0.1, -0.05) is 30.3 Å². The Kier molecular flexibility index (Phi) is 4.09. The fourth-order valence-electron chi connectivity index (χ4n) is 1.99. The number of hydrogen-bond donors (Lipinski definition) is 1. The summed E-state index contributed by atoms with van der Waals surface area (Å²) in [5, 5.41) is 12.3. The number of hydrogen-bond acceptors (Lipinski definition) is 4. The molecule has 0 fully saturated rings. The van der Waals surface area contributed by atoms with Crippen LogP contribution < -0.4 is 5.43 Å². The number of hydrazone groups is 1. The van der Waals surface area contributed by atoms with E-state index in [1.807, 2.05) is 24.3 Å². The summed E-state index contributed by atoms with van der Waals surface area (Å²) in [6, 6.07) is 12.9. The maximum absolute atomic E-state index is 13.4. The normalized spacial score (nSPS) is 12.6. The summed E-state index contributed by atoms with van der Waals surface area (Å²) >= 11 is 0. The van der Waals surface area contributed by atoms with Crippen LogP contribution in [0.25, 0.3) is 11.0 Å². The summed E-state index contributed by atoms with van der Waals surface area (Å²) in [6.07, 6.45) is 1.26. The van der Waals surface area contributed by atoms with E-state index in [0.29, 0.717) is 16.6 Å². The standard InChI is InChI=1S/C16H14FN5O/c1-11(22-20-14-8-4-5-9-15(14)21-22)16(23)19-18-10-12-6-2-3-7-13(12)17/h2-11H,1H3,(H,19,23)/t11-/m1/s1. The molecule has 7 heteroatoms. The lowest BCUT2D eigenvalue weighted by Crippen LogP contribution is -2.28. The highest BCUT2D eigenvalue weighted by molar-refractivity contribution is 5.84. The van der Waals surface area contributed by atoms with Crippen LogP contribution in [0.5, 0.6) is 0 Å². The number of aromatic nitrogens is 3. The first-order valence-corrected chi connectivity index (χ1v) is 7.04. The molecular formula is C16H14FN5O. The number of benzene rings is 2. The zero-order valence-electron chi connectivity index (χ0n) is 12.3. The molecule has 0 radical (unpaired) electrons. The molecule has 3 aromatic rings. The average molecular weight is 311 g/mol. The van der Waals surface area contributed by atoms with E-state index in [9.17, 15) is 9.18 Å².